The first-order chi connectivity index (χ1) is 16.4. The van der Waals surface area contributed by atoms with Crippen molar-refractivity contribution in [3.05, 3.63) is 40.5 Å². The van der Waals surface area contributed by atoms with Crippen molar-refractivity contribution in [1.29, 1.82) is 0 Å². The van der Waals surface area contributed by atoms with Crippen LogP contribution in [0.4, 0.5) is 5.82 Å². The number of carbonyl (C=O) groups is 3. The first-order valence-corrected chi connectivity index (χ1v) is 12.2. The lowest BCUT2D eigenvalue weighted by molar-refractivity contribution is -0.144. The summed E-state index contributed by atoms with van der Waals surface area (Å²) in [7, 11) is 0. The number of hydrogen-bond acceptors (Lipinski definition) is 7. The highest BCUT2D eigenvalue weighted by molar-refractivity contribution is 6.32. The third-order valence-electron chi connectivity index (χ3n) is 7.44. The van der Waals surface area contributed by atoms with Crippen LogP contribution < -0.4 is 4.90 Å². The van der Waals surface area contributed by atoms with E-state index in [4.69, 9.17) is 16.2 Å². The molecular formula is C24H28ClN5O4. The van der Waals surface area contributed by atoms with Crippen molar-refractivity contribution in [2.75, 3.05) is 31.1 Å². The lowest BCUT2D eigenvalue weighted by Gasteiger charge is -2.37. The number of aryl methyl sites for hydroxylation is 1. The molecule has 2 aromatic rings. The molecule has 9 nitrogen and oxygen atoms in total. The zero-order valence-electron chi connectivity index (χ0n) is 19.2. The summed E-state index contributed by atoms with van der Waals surface area (Å²) in [4.78, 5) is 45.8. The summed E-state index contributed by atoms with van der Waals surface area (Å²) in [5, 5.41) is 8.18. The second-order valence-corrected chi connectivity index (χ2v) is 9.87. The average molecular weight is 486 g/mol. The van der Waals surface area contributed by atoms with Crippen LogP contribution in [0.25, 0.3) is 0 Å². The number of carbonyl (C=O) groups excluding carboxylic acids is 3. The number of imide groups is 1. The van der Waals surface area contributed by atoms with E-state index in [0.29, 0.717) is 48.3 Å². The van der Waals surface area contributed by atoms with Crippen molar-refractivity contribution in [2.24, 2.45) is 0 Å². The van der Waals surface area contributed by atoms with E-state index >= 15 is 0 Å². The van der Waals surface area contributed by atoms with Crippen LogP contribution in [0.3, 0.4) is 0 Å². The van der Waals surface area contributed by atoms with Gasteiger partial charge in [-0.3, -0.25) is 19.3 Å². The molecule has 1 aromatic heterocycles. The molecule has 1 saturated carbocycles. The van der Waals surface area contributed by atoms with Gasteiger partial charge in [0.05, 0.1) is 5.41 Å². The molecule has 34 heavy (non-hydrogen) atoms. The number of amides is 3. The summed E-state index contributed by atoms with van der Waals surface area (Å²) in [6.07, 6.45) is 3.55. The number of nitrogens with zero attached hydrogens (tertiary/aromatic N) is 5. The number of aromatic nitrogens is 2. The number of benzene rings is 1. The minimum atomic E-state index is -1.27. The minimum absolute atomic E-state index is 0.0262. The summed E-state index contributed by atoms with van der Waals surface area (Å²) in [5.74, 6) is 0.0460. The van der Waals surface area contributed by atoms with Crippen LogP contribution in [0.2, 0.25) is 5.02 Å². The number of anilines is 1. The molecule has 3 amide bonds. The van der Waals surface area contributed by atoms with E-state index in [9.17, 15) is 14.4 Å². The van der Waals surface area contributed by atoms with Crippen LogP contribution >= 0.6 is 11.6 Å². The fraction of sp³-hybridized carbons (Fsp3) is 0.542. The number of halogens is 1. The molecule has 10 heteroatoms. The average Bonchev–Trinajstić information content (AvgIpc) is 3.55. The Hall–Kier alpha value is -2.94. The van der Waals surface area contributed by atoms with Crippen LogP contribution in [-0.4, -0.2) is 70.1 Å². The molecule has 1 atom stereocenters. The molecule has 1 aromatic carbocycles. The second-order valence-electron chi connectivity index (χ2n) is 9.46. The van der Waals surface area contributed by atoms with E-state index in [1.54, 1.807) is 29.2 Å². The molecule has 3 aliphatic rings. The van der Waals surface area contributed by atoms with Crippen molar-refractivity contribution in [3.63, 3.8) is 0 Å². The number of likely N-dealkylation sites (tertiary alicyclic amines) is 1. The molecule has 0 radical (unpaired) electrons. The standard InChI is InChI=1S/C24H28ClN5O4/c1-16-22(27-34-26-16)29-12-10-28(11-13-29)20(31)14-24(18-8-4-5-9-19(18)25)15-21(32)30(23(24)33)17-6-2-3-7-17/h4-5,8-9,17H,2-3,6-7,10-15H2,1H3. The number of rotatable bonds is 5. The van der Waals surface area contributed by atoms with Crippen molar-refractivity contribution in [3.8, 4) is 0 Å². The van der Waals surface area contributed by atoms with Gasteiger partial charge in [-0.05, 0) is 36.6 Å². The Labute approximate surface area is 203 Å². The van der Waals surface area contributed by atoms with Gasteiger partial charge in [0.15, 0.2) is 5.82 Å². The quantitative estimate of drug-likeness (QED) is 0.600. The summed E-state index contributed by atoms with van der Waals surface area (Å²) in [6.45, 7) is 3.97. The molecule has 0 N–H and O–H groups in total. The zero-order chi connectivity index (χ0) is 23.9. The monoisotopic (exact) mass is 485 g/mol. The lowest BCUT2D eigenvalue weighted by atomic mass is 9.75. The Bertz CT molecular complexity index is 1110. The normalized spacial score (nSPS) is 23.9. The van der Waals surface area contributed by atoms with Crippen LogP contribution in [0.15, 0.2) is 28.9 Å². The lowest BCUT2D eigenvalue weighted by Crippen LogP contribution is -2.51. The summed E-state index contributed by atoms with van der Waals surface area (Å²) >= 11 is 6.54. The molecule has 5 rings (SSSR count). The van der Waals surface area contributed by atoms with Crippen molar-refractivity contribution >= 4 is 35.1 Å². The maximum Gasteiger partial charge on any atom is 0.241 e. The largest absolute Gasteiger partial charge is 0.349 e. The van der Waals surface area contributed by atoms with Crippen molar-refractivity contribution in [2.45, 2.75) is 56.9 Å². The molecule has 2 aliphatic heterocycles. The third kappa shape index (κ3) is 3.85. The van der Waals surface area contributed by atoms with Gasteiger partial charge in [-0.15, -0.1) is 0 Å². The molecule has 0 bridgehead atoms. The first kappa shape index (κ1) is 22.8. The van der Waals surface area contributed by atoms with Gasteiger partial charge in [0.25, 0.3) is 0 Å². The maximum atomic E-state index is 13.9. The van der Waals surface area contributed by atoms with E-state index in [0.717, 1.165) is 25.7 Å². The van der Waals surface area contributed by atoms with Crippen LogP contribution in [0.5, 0.6) is 0 Å². The molecule has 1 aliphatic carbocycles. The molecule has 180 valence electrons. The zero-order valence-corrected chi connectivity index (χ0v) is 20.0. The highest BCUT2D eigenvalue weighted by atomic mass is 35.5. The van der Waals surface area contributed by atoms with Crippen molar-refractivity contribution in [1.82, 2.24) is 20.1 Å². The summed E-state index contributed by atoms with van der Waals surface area (Å²) in [5.41, 5.74) is 0.00471. The third-order valence-corrected chi connectivity index (χ3v) is 7.77. The molecule has 1 unspecified atom stereocenters. The molecular weight excluding hydrogens is 458 g/mol. The van der Waals surface area contributed by atoms with Gasteiger partial charge in [0.1, 0.15) is 5.69 Å². The summed E-state index contributed by atoms with van der Waals surface area (Å²) < 4.78 is 4.80. The Morgan fingerprint density at radius 3 is 2.47 bits per heavy atom. The van der Waals surface area contributed by atoms with Gasteiger partial charge >= 0.3 is 0 Å². The van der Waals surface area contributed by atoms with Gasteiger partial charge in [-0.2, -0.15) is 0 Å². The Kier molecular flexibility index (Phi) is 6.06. The number of piperazine rings is 1. The molecule has 0 spiro atoms. The SMILES string of the molecule is Cc1nonc1N1CCN(C(=O)CC2(c3ccccc3Cl)CC(=O)N(C3CCCC3)C2=O)CC1. The van der Waals surface area contributed by atoms with E-state index in [-0.39, 0.29) is 36.6 Å². The molecule has 3 fully saturated rings. The molecule has 2 saturated heterocycles. The smallest absolute Gasteiger partial charge is 0.241 e. The minimum Gasteiger partial charge on any atom is -0.349 e. The van der Waals surface area contributed by atoms with Gasteiger partial charge in [-0.1, -0.05) is 47.8 Å². The molecule has 3 heterocycles. The maximum absolute atomic E-state index is 13.9. The Morgan fingerprint density at radius 2 is 1.82 bits per heavy atom. The number of hydrogen-bond donors (Lipinski definition) is 0. The van der Waals surface area contributed by atoms with E-state index in [1.807, 2.05) is 11.8 Å². The predicted octanol–water partition coefficient (Wildman–Crippen LogP) is 2.71. The highest BCUT2D eigenvalue weighted by Crippen LogP contribution is 2.45. The van der Waals surface area contributed by atoms with Crippen LogP contribution in [-0.2, 0) is 19.8 Å². The topological polar surface area (TPSA) is 99.8 Å². The fourth-order valence-electron chi connectivity index (χ4n) is 5.64. The van der Waals surface area contributed by atoms with Crippen LogP contribution in [0, 0.1) is 6.92 Å². The highest BCUT2D eigenvalue weighted by Gasteiger charge is 2.56. The van der Waals surface area contributed by atoms with Gasteiger partial charge in [0.2, 0.25) is 17.7 Å². The Morgan fingerprint density at radius 1 is 1.12 bits per heavy atom. The van der Waals surface area contributed by atoms with E-state index in [1.165, 1.54) is 4.90 Å². The Balaban J connectivity index is 1.38. The van der Waals surface area contributed by atoms with E-state index in [2.05, 4.69) is 10.3 Å². The van der Waals surface area contributed by atoms with Gasteiger partial charge < -0.3 is 9.80 Å². The van der Waals surface area contributed by atoms with E-state index < -0.39 is 5.41 Å². The van der Waals surface area contributed by atoms with Gasteiger partial charge in [0, 0.05) is 50.1 Å². The van der Waals surface area contributed by atoms with Crippen LogP contribution in [0.1, 0.15) is 49.8 Å². The first-order valence-electron chi connectivity index (χ1n) is 11.8. The second kappa shape index (κ2) is 9.02. The summed E-state index contributed by atoms with van der Waals surface area (Å²) in [6, 6.07) is 7.00. The predicted molar refractivity (Wildman–Crippen MR) is 124 cm³/mol. The fourth-order valence-corrected chi connectivity index (χ4v) is 5.96. The van der Waals surface area contributed by atoms with Crippen molar-refractivity contribution < 1.29 is 19.0 Å². The van der Waals surface area contributed by atoms with Gasteiger partial charge in [-0.25, -0.2) is 4.63 Å².